The maximum Gasteiger partial charge on any atom is 0.417 e. The van der Waals surface area contributed by atoms with Crippen LogP contribution in [0.4, 0.5) is 39.5 Å². The second-order valence-electron chi connectivity index (χ2n) is 11.2. The van der Waals surface area contributed by atoms with Gasteiger partial charge in [0.15, 0.2) is 0 Å². The van der Waals surface area contributed by atoms with E-state index in [1.54, 1.807) is 24.3 Å². The largest absolute Gasteiger partial charge is 0.417 e. The minimum atomic E-state index is -5.34. The molecule has 0 bridgehead atoms. The highest BCUT2D eigenvalue weighted by Crippen LogP contribution is 2.55. The molecule has 3 aromatic rings. The number of alkyl halides is 9. The molecule has 0 aromatic heterocycles. The van der Waals surface area contributed by atoms with E-state index < -0.39 is 85.4 Å². The minimum absolute atomic E-state index is 0.172. The molecular formula is C37H10F9N7. The van der Waals surface area contributed by atoms with E-state index in [2.05, 4.69) is 0 Å². The summed E-state index contributed by atoms with van der Waals surface area (Å²) in [7, 11) is 0. The molecule has 256 valence electrons. The first-order chi connectivity index (χ1) is 24.8. The second-order valence-corrected chi connectivity index (χ2v) is 11.2. The lowest BCUT2D eigenvalue weighted by molar-refractivity contribution is -0.143. The first-order valence-electron chi connectivity index (χ1n) is 14.3. The molecule has 53 heavy (non-hydrogen) atoms. The summed E-state index contributed by atoms with van der Waals surface area (Å²) in [6.07, 6.45) is -15.8. The first kappa shape index (κ1) is 36.7. The molecule has 7 nitrogen and oxygen atoms in total. The zero-order valence-electron chi connectivity index (χ0n) is 26.1. The van der Waals surface area contributed by atoms with Crippen LogP contribution in [0.2, 0.25) is 0 Å². The van der Waals surface area contributed by atoms with Gasteiger partial charge < -0.3 is 0 Å². The third kappa shape index (κ3) is 5.90. The molecule has 0 saturated heterocycles. The fourth-order valence-corrected chi connectivity index (χ4v) is 6.22. The Morgan fingerprint density at radius 3 is 1.21 bits per heavy atom. The van der Waals surface area contributed by atoms with Crippen LogP contribution in [0.5, 0.6) is 0 Å². The molecular weight excluding hydrogens is 713 g/mol. The molecule has 0 spiro atoms. The van der Waals surface area contributed by atoms with E-state index in [1.807, 2.05) is 0 Å². The van der Waals surface area contributed by atoms with E-state index in [0.717, 1.165) is 18.2 Å². The Labute approximate surface area is 292 Å². The second kappa shape index (κ2) is 12.6. The lowest BCUT2D eigenvalue weighted by Crippen LogP contribution is -2.12. The van der Waals surface area contributed by atoms with Crippen LogP contribution < -0.4 is 0 Å². The van der Waals surface area contributed by atoms with E-state index in [4.69, 9.17) is 0 Å². The highest BCUT2D eigenvalue weighted by atomic mass is 19.4. The Bertz CT molecular complexity index is 2590. The van der Waals surface area contributed by atoms with Gasteiger partial charge in [-0.25, -0.2) is 0 Å². The van der Waals surface area contributed by atoms with E-state index in [1.165, 1.54) is 25.1 Å². The van der Waals surface area contributed by atoms with E-state index in [-0.39, 0.29) is 57.2 Å². The number of nitrogens with zero attached hydrogens (tertiary/aromatic N) is 7. The number of benzene rings is 3. The smallest absolute Gasteiger partial charge is 0.192 e. The standard InChI is InChI=1S/C37H10F9N7/c1-16-2-17(5-30(27(16)13-51)37(44,45)46)31-28(14-52)23-7-24-26(8-25(23)33(31)19(9-47)10-48)34(20(11-49)12-50)32(29(24)15-53)18-3-21(35(38,39)40)6-22(4-18)36(41,42)43/h2-8H,1H3. The van der Waals surface area contributed by atoms with Gasteiger partial charge in [0, 0.05) is 33.4 Å². The molecule has 2 aliphatic carbocycles. The highest BCUT2D eigenvalue weighted by molar-refractivity contribution is 6.30. The van der Waals surface area contributed by atoms with Crippen molar-refractivity contribution in [2.75, 3.05) is 0 Å². The van der Waals surface area contributed by atoms with Gasteiger partial charge in [-0.2, -0.15) is 76.3 Å². The summed E-state index contributed by atoms with van der Waals surface area (Å²) in [5, 5.41) is 69.7. The summed E-state index contributed by atoms with van der Waals surface area (Å²) in [5.74, 6) is 0. The number of fused-ring (bicyclic) bond motifs is 2. The molecule has 0 N–H and O–H groups in total. The first-order valence-corrected chi connectivity index (χ1v) is 14.3. The fraction of sp³-hybridized carbons (Fsp3) is 0.108. The number of rotatable bonds is 2. The maximum atomic E-state index is 14.1. The van der Waals surface area contributed by atoms with E-state index in [0.29, 0.717) is 6.07 Å². The van der Waals surface area contributed by atoms with Crippen LogP contribution in [0.3, 0.4) is 0 Å². The van der Waals surface area contributed by atoms with Gasteiger partial charge in [-0.1, -0.05) is 6.07 Å². The Morgan fingerprint density at radius 2 is 0.868 bits per heavy atom. The van der Waals surface area contributed by atoms with Crippen molar-refractivity contribution in [3.63, 3.8) is 0 Å². The summed E-state index contributed by atoms with van der Waals surface area (Å²) >= 11 is 0. The van der Waals surface area contributed by atoms with Crippen LogP contribution in [0.15, 0.2) is 53.6 Å². The lowest BCUT2D eigenvalue weighted by Gasteiger charge is -2.16. The Hall–Kier alpha value is -7.58. The van der Waals surface area contributed by atoms with Gasteiger partial charge in [-0.3, -0.25) is 0 Å². The molecule has 0 amide bonds. The summed E-state index contributed by atoms with van der Waals surface area (Å²) in [5.41, 5.74) is -13.1. The summed E-state index contributed by atoms with van der Waals surface area (Å²) in [6, 6.07) is 15.2. The molecule has 0 unspecified atom stereocenters. The average molecular weight is 724 g/mol. The fourth-order valence-electron chi connectivity index (χ4n) is 6.22. The van der Waals surface area contributed by atoms with Crippen LogP contribution in [0.1, 0.15) is 61.2 Å². The maximum absolute atomic E-state index is 14.1. The zero-order chi connectivity index (χ0) is 39.4. The number of hydrogen-bond donors (Lipinski definition) is 0. The van der Waals surface area contributed by atoms with Crippen molar-refractivity contribution in [2.45, 2.75) is 25.5 Å². The third-order valence-electron chi connectivity index (χ3n) is 8.32. The molecule has 0 saturated carbocycles. The van der Waals surface area contributed by atoms with Gasteiger partial charge in [0.1, 0.15) is 53.6 Å². The van der Waals surface area contributed by atoms with Gasteiger partial charge in [-0.05, 0) is 71.1 Å². The SMILES string of the molecule is Cc1cc(C2=C(C#N)c3cc4c(cc3C2=C(C#N)C#N)C(=C(C#N)C#N)C(c2cc(C(F)(F)F)cc(C(F)(F)F)c2)=C4C#N)cc(C(F)(F)F)c1C#N. The van der Waals surface area contributed by atoms with Crippen molar-refractivity contribution in [1.82, 2.24) is 0 Å². The average Bonchev–Trinajstić information content (AvgIpc) is 3.58. The molecule has 3 aromatic carbocycles. The molecule has 16 heteroatoms. The molecule has 0 aliphatic heterocycles. The quantitative estimate of drug-likeness (QED) is 0.188. The summed E-state index contributed by atoms with van der Waals surface area (Å²) < 4.78 is 126. The van der Waals surface area contributed by atoms with Crippen molar-refractivity contribution in [2.24, 2.45) is 0 Å². The highest BCUT2D eigenvalue weighted by Gasteiger charge is 2.42. The normalized spacial score (nSPS) is 13.5. The predicted molar refractivity (Wildman–Crippen MR) is 165 cm³/mol. The van der Waals surface area contributed by atoms with Crippen molar-refractivity contribution >= 4 is 33.4 Å². The number of allylic oxidation sites excluding steroid dienone is 8. The number of nitriles is 7. The van der Waals surface area contributed by atoms with Crippen LogP contribution in [-0.4, -0.2) is 0 Å². The summed E-state index contributed by atoms with van der Waals surface area (Å²) in [4.78, 5) is 0. The van der Waals surface area contributed by atoms with Crippen molar-refractivity contribution < 1.29 is 39.5 Å². The van der Waals surface area contributed by atoms with Crippen LogP contribution in [0, 0.1) is 86.2 Å². The topological polar surface area (TPSA) is 167 Å². The van der Waals surface area contributed by atoms with Gasteiger partial charge in [-0.15, -0.1) is 0 Å². The van der Waals surface area contributed by atoms with E-state index >= 15 is 0 Å². The summed E-state index contributed by atoms with van der Waals surface area (Å²) in [6.45, 7) is 1.17. The Kier molecular flexibility index (Phi) is 8.75. The van der Waals surface area contributed by atoms with Crippen LogP contribution in [-0.2, 0) is 18.5 Å². The molecule has 0 heterocycles. The lowest BCUT2D eigenvalue weighted by atomic mass is 9.87. The Balaban J connectivity index is 1.97. The monoisotopic (exact) mass is 723 g/mol. The van der Waals surface area contributed by atoms with Crippen LogP contribution >= 0.6 is 0 Å². The predicted octanol–water partition coefficient (Wildman–Crippen LogP) is 9.42. The van der Waals surface area contributed by atoms with Gasteiger partial charge in [0.2, 0.25) is 0 Å². The van der Waals surface area contributed by atoms with Crippen molar-refractivity contribution in [1.29, 1.82) is 36.8 Å². The zero-order valence-corrected chi connectivity index (χ0v) is 26.1. The number of aryl methyl sites for hydroxylation is 1. The van der Waals surface area contributed by atoms with Crippen LogP contribution in [0.25, 0.3) is 33.4 Å². The molecule has 5 rings (SSSR count). The number of hydrogen-bond acceptors (Lipinski definition) is 7. The molecule has 2 aliphatic rings. The molecule has 0 atom stereocenters. The van der Waals surface area contributed by atoms with Gasteiger partial charge >= 0.3 is 18.5 Å². The van der Waals surface area contributed by atoms with Crippen molar-refractivity contribution in [3.8, 4) is 42.5 Å². The minimum Gasteiger partial charge on any atom is -0.192 e. The molecule has 0 fully saturated rings. The Morgan fingerprint density at radius 1 is 0.472 bits per heavy atom. The van der Waals surface area contributed by atoms with Gasteiger partial charge in [0.05, 0.1) is 33.4 Å². The van der Waals surface area contributed by atoms with E-state index in [9.17, 15) is 76.3 Å². The number of halogens is 9. The third-order valence-corrected chi connectivity index (χ3v) is 8.32. The van der Waals surface area contributed by atoms with Crippen molar-refractivity contribution in [3.05, 3.63) is 115 Å². The van der Waals surface area contributed by atoms with Gasteiger partial charge in [0.25, 0.3) is 0 Å². The molecule has 0 radical (unpaired) electrons.